The van der Waals surface area contributed by atoms with Gasteiger partial charge in [-0.2, -0.15) is 0 Å². The van der Waals surface area contributed by atoms with Crippen molar-refractivity contribution >= 4 is 0 Å². The summed E-state index contributed by atoms with van der Waals surface area (Å²) in [6.07, 6.45) is 2.52. The highest BCUT2D eigenvalue weighted by Gasteiger charge is 2.39. The van der Waals surface area contributed by atoms with Gasteiger partial charge < -0.3 is 5.32 Å². The van der Waals surface area contributed by atoms with Crippen LogP contribution in [0, 0.1) is 0 Å². The van der Waals surface area contributed by atoms with E-state index in [9.17, 15) is 0 Å². The second-order valence-electron chi connectivity index (χ2n) is 8.40. The van der Waals surface area contributed by atoms with E-state index in [1.165, 1.54) is 35.1 Å². The van der Waals surface area contributed by atoms with Crippen molar-refractivity contribution in [3.63, 3.8) is 0 Å². The molecule has 1 N–H and O–H groups in total. The second-order valence-corrected chi connectivity index (χ2v) is 8.40. The van der Waals surface area contributed by atoms with Crippen molar-refractivity contribution in [3.05, 3.63) is 70.8 Å². The van der Waals surface area contributed by atoms with E-state index in [0.717, 1.165) is 6.54 Å². The van der Waals surface area contributed by atoms with Crippen LogP contribution in [-0.2, 0) is 5.41 Å². The minimum absolute atomic E-state index is 0.0154. The maximum atomic E-state index is 3.77. The Labute approximate surface area is 153 Å². The van der Waals surface area contributed by atoms with E-state index in [-0.39, 0.29) is 5.41 Å². The second kappa shape index (κ2) is 7.33. The molecule has 1 heteroatoms. The van der Waals surface area contributed by atoms with Crippen molar-refractivity contribution in [1.82, 2.24) is 5.32 Å². The van der Waals surface area contributed by atoms with Crippen LogP contribution in [0.25, 0.3) is 0 Å². The summed E-state index contributed by atoms with van der Waals surface area (Å²) < 4.78 is 0. The number of hydrogen-bond donors (Lipinski definition) is 1. The largest absolute Gasteiger partial charge is 0.313 e. The Kier molecular flexibility index (Phi) is 5.34. The molecular formula is C24H33N. The van der Waals surface area contributed by atoms with Gasteiger partial charge in [0.1, 0.15) is 0 Å². The fourth-order valence-electron chi connectivity index (χ4n) is 4.17. The topological polar surface area (TPSA) is 12.0 Å². The lowest BCUT2D eigenvalue weighted by Gasteiger charge is -2.37. The van der Waals surface area contributed by atoms with Gasteiger partial charge >= 0.3 is 0 Å². The van der Waals surface area contributed by atoms with Crippen molar-refractivity contribution in [2.45, 2.75) is 70.8 Å². The average Bonchev–Trinajstić information content (AvgIpc) is 3.16. The molecule has 0 aliphatic carbocycles. The molecule has 3 rings (SSSR count). The fraction of sp³-hybridized carbons (Fsp3) is 0.500. The Morgan fingerprint density at radius 3 is 1.56 bits per heavy atom. The Morgan fingerprint density at radius 2 is 1.24 bits per heavy atom. The van der Waals surface area contributed by atoms with Crippen molar-refractivity contribution in [1.29, 1.82) is 0 Å². The van der Waals surface area contributed by atoms with Gasteiger partial charge in [-0.1, -0.05) is 76.2 Å². The summed E-state index contributed by atoms with van der Waals surface area (Å²) in [4.78, 5) is 0. The van der Waals surface area contributed by atoms with E-state index in [4.69, 9.17) is 0 Å². The van der Waals surface area contributed by atoms with Crippen LogP contribution in [0.5, 0.6) is 0 Å². The number of hydrogen-bond acceptors (Lipinski definition) is 1. The monoisotopic (exact) mass is 335 g/mol. The first-order valence-corrected chi connectivity index (χ1v) is 9.87. The highest BCUT2D eigenvalue weighted by atomic mass is 15.0. The SMILES string of the molecule is CC(C)c1ccc(C(C)(c2ccc(C(C)C)cc2)[C@H]2CCCN2)cc1. The van der Waals surface area contributed by atoms with Gasteiger partial charge in [-0.05, 0) is 60.4 Å². The summed E-state index contributed by atoms with van der Waals surface area (Å²) in [6, 6.07) is 19.2. The normalized spacial score (nSPS) is 18.3. The highest BCUT2D eigenvalue weighted by Crippen LogP contribution is 2.39. The highest BCUT2D eigenvalue weighted by molar-refractivity contribution is 5.43. The first kappa shape index (κ1) is 18.2. The van der Waals surface area contributed by atoms with E-state index in [2.05, 4.69) is 88.5 Å². The fourth-order valence-corrected chi connectivity index (χ4v) is 4.17. The predicted octanol–water partition coefficient (Wildman–Crippen LogP) is 5.99. The minimum atomic E-state index is 0.0154. The molecule has 1 atom stereocenters. The van der Waals surface area contributed by atoms with E-state index in [0.29, 0.717) is 17.9 Å². The molecule has 0 amide bonds. The first-order chi connectivity index (χ1) is 11.9. The summed E-state index contributed by atoms with van der Waals surface area (Å²) in [5.41, 5.74) is 5.70. The summed E-state index contributed by atoms with van der Waals surface area (Å²) in [7, 11) is 0. The van der Waals surface area contributed by atoms with E-state index < -0.39 is 0 Å². The van der Waals surface area contributed by atoms with Crippen LogP contribution in [0.1, 0.15) is 81.5 Å². The maximum absolute atomic E-state index is 3.77. The van der Waals surface area contributed by atoms with Crippen LogP contribution in [0.4, 0.5) is 0 Å². The summed E-state index contributed by atoms with van der Waals surface area (Å²) in [5, 5.41) is 3.77. The molecule has 1 nitrogen and oxygen atoms in total. The number of rotatable bonds is 5. The molecule has 0 unspecified atom stereocenters. The third-order valence-corrected chi connectivity index (χ3v) is 6.11. The molecular weight excluding hydrogens is 302 g/mol. The Bertz CT molecular complexity index is 622. The summed E-state index contributed by atoms with van der Waals surface area (Å²) in [6.45, 7) is 12.6. The molecule has 1 aliphatic heterocycles. The standard InChI is InChI=1S/C24H33N/c1-17(2)19-8-12-21(13-9-19)24(5,23-7-6-16-25-23)22-14-10-20(11-15-22)18(3)4/h8-15,17-18,23,25H,6-7,16H2,1-5H3/t23-/m1/s1. The molecule has 134 valence electrons. The third-order valence-electron chi connectivity index (χ3n) is 6.11. The van der Waals surface area contributed by atoms with Crippen LogP contribution in [-0.4, -0.2) is 12.6 Å². The Hall–Kier alpha value is -1.60. The van der Waals surface area contributed by atoms with Crippen LogP contribution in [0.3, 0.4) is 0 Å². The van der Waals surface area contributed by atoms with Crippen molar-refractivity contribution in [2.24, 2.45) is 0 Å². The number of benzene rings is 2. The molecule has 0 saturated carbocycles. The molecule has 1 aliphatic rings. The Balaban J connectivity index is 2.03. The van der Waals surface area contributed by atoms with Gasteiger partial charge in [0.2, 0.25) is 0 Å². The molecule has 1 saturated heterocycles. The smallest absolute Gasteiger partial charge is 0.0327 e. The summed E-state index contributed by atoms with van der Waals surface area (Å²) >= 11 is 0. The molecule has 0 bridgehead atoms. The zero-order valence-corrected chi connectivity index (χ0v) is 16.5. The summed E-state index contributed by atoms with van der Waals surface area (Å²) in [5.74, 6) is 1.16. The van der Waals surface area contributed by atoms with Gasteiger partial charge in [-0.25, -0.2) is 0 Å². The average molecular weight is 336 g/mol. The van der Waals surface area contributed by atoms with E-state index >= 15 is 0 Å². The molecule has 0 aromatic heterocycles. The van der Waals surface area contributed by atoms with Crippen LogP contribution < -0.4 is 5.32 Å². The number of nitrogens with one attached hydrogen (secondary N) is 1. The van der Waals surface area contributed by atoms with Gasteiger partial charge in [-0.3, -0.25) is 0 Å². The van der Waals surface area contributed by atoms with Gasteiger partial charge in [0, 0.05) is 11.5 Å². The van der Waals surface area contributed by atoms with E-state index in [1.54, 1.807) is 0 Å². The minimum Gasteiger partial charge on any atom is -0.313 e. The van der Waals surface area contributed by atoms with Gasteiger partial charge in [0.15, 0.2) is 0 Å². The molecule has 2 aromatic carbocycles. The predicted molar refractivity (Wildman–Crippen MR) is 109 cm³/mol. The van der Waals surface area contributed by atoms with Crippen molar-refractivity contribution in [2.75, 3.05) is 6.54 Å². The van der Waals surface area contributed by atoms with Crippen LogP contribution in [0.15, 0.2) is 48.5 Å². The lowest BCUT2D eigenvalue weighted by atomic mass is 9.69. The first-order valence-electron chi connectivity index (χ1n) is 9.87. The molecule has 0 spiro atoms. The molecule has 1 fully saturated rings. The quantitative estimate of drug-likeness (QED) is 0.707. The molecule has 25 heavy (non-hydrogen) atoms. The molecule has 1 heterocycles. The lowest BCUT2D eigenvalue weighted by molar-refractivity contribution is 0.406. The van der Waals surface area contributed by atoms with Crippen molar-refractivity contribution in [3.8, 4) is 0 Å². The van der Waals surface area contributed by atoms with Crippen molar-refractivity contribution < 1.29 is 0 Å². The zero-order chi connectivity index (χ0) is 18.0. The maximum Gasteiger partial charge on any atom is 0.0327 e. The van der Waals surface area contributed by atoms with E-state index in [1.807, 2.05) is 0 Å². The molecule has 0 radical (unpaired) electrons. The van der Waals surface area contributed by atoms with Crippen LogP contribution >= 0.6 is 0 Å². The van der Waals surface area contributed by atoms with Gasteiger partial charge in [0.25, 0.3) is 0 Å². The lowest BCUT2D eigenvalue weighted by Crippen LogP contribution is -2.44. The van der Waals surface area contributed by atoms with Gasteiger partial charge in [-0.15, -0.1) is 0 Å². The Morgan fingerprint density at radius 1 is 0.800 bits per heavy atom. The molecule has 2 aromatic rings. The third kappa shape index (κ3) is 3.53. The van der Waals surface area contributed by atoms with Gasteiger partial charge in [0.05, 0.1) is 0 Å². The van der Waals surface area contributed by atoms with Crippen LogP contribution in [0.2, 0.25) is 0 Å². The zero-order valence-electron chi connectivity index (χ0n) is 16.5.